The Morgan fingerprint density at radius 1 is 1.12 bits per heavy atom. The van der Waals surface area contributed by atoms with E-state index in [0.29, 0.717) is 18.1 Å². The number of amides is 1. The average Bonchev–Trinajstić information content (AvgIpc) is 2.59. The first-order valence-corrected chi connectivity index (χ1v) is 8.06. The monoisotopic (exact) mass is 327 g/mol. The normalized spacial score (nSPS) is 10.7. The Bertz CT molecular complexity index is 645. The summed E-state index contributed by atoms with van der Waals surface area (Å²) >= 11 is 0. The maximum Gasteiger partial charge on any atom is 0.272 e. The molecular formula is C18H25N5O. The van der Waals surface area contributed by atoms with Crippen LogP contribution in [0, 0.1) is 0 Å². The van der Waals surface area contributed by atoms with Crippen molar-refractivity contribution >= 4 is 11.7 Å². The van der Waals surface area contributed by atoms with Gasteiger partial charge in [-0.15, -0.1) is 0 Å². The largest absolute Gasteiger partial charge is 0.370 e. The summed E-state index contributed by atoms with van der Waals surface area (Å²) in [5, 5.41) is 3.24. The van der Waals surface area contributed by atoms with E-state index in [-0.39, 0.29) is 5.91 Å². The molecule has 0 bridgehead atoms. The Morgan fingerprint density at radius 2 is 1.88 bits per heavy atom. The number of rotatable bonds is 8. The van der Waals surface area contributed by atoms with Crippen LogP contribution in [0.25, 0.3) is 0 Å². The fraction of sp³-hybridized carbons (Fsp3) is 0.389. The molecule has 0 aliphatic carbocycles. The van der Waals surface area contributed by atoms with E-state index in [0.717, 1.165) is 25.1 Å². The predicted molar refractivity (Wildman–Crippen MR) is 95.9 cm³/mol. The van der Waals surface area contributed by atoms with Crippen LogP contribution in [-0.2, 0) is 6.54 Å². The van der Waals surface area contributed by atoms with Crippen molar-refractivity contribution in [3.05, 3.63) is 54.0 Å². The number of aromatic nitrogens is 2. The Kier molecular flexibility index (Phi) is 6.69. The van der Waals surface area contributed by atoms with E-state index in [1.165, 1.54) is 6.33 Å². The van der Waals surface area contributed by atoms with Crippen molar-refractivity contribution in [3.63, 3.8) is 0 Å². The van der Waals surface area contributed by atoms with Gasteiger partial charge in [-0.1, -0.05) is 30.3 Å². The molecule has 0 radical (unpaired) electrons. The number of nitrogens with zero attached hydrogens (tertiary/aromatic N) is 4. The van der Waals surface area contributed by atoms with Crippen LogP contribution in [0.1, 0.15) is 22.5 Å². The summed E-state index contributed by atoms with van der Waals surface area (Å²) in [6, 6.07) is 11.6. The minimum atomic E-state index is -0.113. The smallest absolute Gasteiger partial charge is 0.272 e. The molecule has 1 amide bonds. The number of hydrogen-bond donors (Lipinski definition) is 1. The van der Waals surface area contributed by atoms with E-state index in [9.17, 15) is 4.79 Å². The van der Waals surface area contributed by atoms with Gasteiger partial charge < -0.3 is 15.1 Å². The molecule has 128 valence electrons. The topological polar surface area (TPSA) is 61.4 Å². The van der Waals surface area contributed by atoms with Crippen molar-refractivity contribution in [3.8, 4) is 0 Å². The molecule has 1 aromatic carbocycles. The van der Waals surface area contributed by atoms with Gasteiger partial charge >= 0.3 is 0 Å². The number of nitrogens with one attached hydrogen (secondary N) is 1. The second-order valence-corrected chi connectivity index (χ2v) is 6.02. The molecule has 1 heterocycles. The molecule has 1 N–H and O–H groups in total. The lowest BCUT2D eigenvalue weighted by molar-refractivity contribution is 0.0779. The molecule has 24 heavy (non-hydrogen) atoms. The third kappa shape index (κ3) is 5.62. The van der Waals surface area contributed by atoms with Gasteiger partial charge in [0, 0.05) is 26.2 Å². The van der Waals surface area contributed by atoms with Crippen LogP contribution in [0.3, 0.4) is 0 Å². The maximum atomic E-state index is 12.5. The second-order valence-electron chi connectivity index (χ2n) is 6.02. The van der Waals surface area contributed by atoms with Gasteiger partial charge in [0.1, 0.15) is 17.8 Å². The number of carbonyl (C=O) groups excluding carboxylic acids is 1. The van der Waals surface area contributed by atoms with Crippen molar-refractivity contribution in [2.75, 3.05) is 39.5 Å². The molecule has 6 nitrogen and oxygen atoms in total. The van der Waals surface area contributed by atoms with Gasteiger partial charge in [-0.3, -0.25) is 4.79 Å². The molecular weight excluding hydrogens is 302 g/mol. The van der Waals surface area contributed by atoms with E-state index in [4.69, 9.17) is 0 Å². The maximum absolute atomic E-state index is 12.5. The molecule has 6 heteroatoms. The standard InChI is InChI=1S/C18H25N5O/c1-22(2)11-7-10-19-17-12-16(20-14-21-17)18(24)23(3)13-15-8-5-4-6-9-15/h4-6,8-9,12,14H,7,10-11,13H2,1-3H3,(H,19,20,21). The fourth-order valence-corrected chi connectivity index (χ4v) is 2.31. The van der Waals surface area contributed by atoms with Crippen molar-refractivity contribution in [2.45, 2.75) is 13.0 Å². The van der Waals surface area contributed by atoms with E-state index in [2.05, 4.69) is 20.2 Å². The van der Waals surface area contributed by atoms with Crippen molar-refractivity contribution in [1.82, 2.24) is 19.8 Å². The highest BCUT2D eigenvalue weighted by Gasteiger charge is 2.14. The van der Waals surface area contributed by atoms with E-state index in [1.54, 1.807) is 18.0 Å². The van der Waals surface area contributed by atoms with E-state index in [1.807, 2.05) is 44.4 Å². The minimum Gasteiger partial charge on any atom is -0.370 e. The van der Waals surface area contributed by atoms with Gasteiger partial charge in [-0.2, -0.15) is 0 Å². The molecule has 0 fully saturated rings. The molecule has 0 spiro atoms. The van der Waals surface area contributed by atoms with Crippen molar-refractivity contribution < 1.29 is 4.79 Å². The Balaban J connectivity index is 1.93. The average molecular weight is 327 g/mol. The van der Waals surface area contributed by atoms with E-state index >= 15 is 0 Å². The summed E-state index contributed by atoms with van der Waals surface area (Å²) in [4.78, 5) is 24.6. The first-order valence-electron chi connectivity index (χ1n) is 8.06. The molecule has 0 unspecified atom stereocenters. The van der Waals surface area contributed by atoms with Crippen LogP contribution >= 0.6 is 0 Å². The van der Waals surface area contributed by atoms with Crippen LogP contribution in [0.15, 0.2) is 42.7 Å². The van der Waals surface area contributed by atoms with Gasteiger partial charge in [0.05, 0.1) is 0 Å². The van der Waals surface area contributed by atoms with E-state index < -0.39 is 0 Å². The summed E-state index contributed by atoms with van der Waals surface area (Å²) < 4.78 is 0. The number of benzene rings is 1. The van der Waals surface area contributed by atoms with Gasteiger partial charge in [-0.05, 0) is 32.6 Å². The molecule has 0 aliphatic rings. The molecule has 0 aliphatic heterocycles. The molecule has 0 saturated heterocycles. The Hall–Kier alpha value is -2.47. The van der Waals surface area contributed by atoms with Crippen LogP contribution in [0.2, 0.25) is 0 Å². The molecule has 1 aromatic heterocycles. The lowest BCUT2D eigenvalue weighted by Gasteiger charge is -2.17. The Labute approximate surface area is 143 Å². The predicted octanol–water partition coefficient (Wildman–Crippen LogP) is 2.11. The summed E-state index contributed by atoms with van der Waals surface area (Å²) in [6.07, 6.45) is 2.44. The van der Waals surface area contributed by atoms with Gasteiger partial charge in [0.25, 0.3) is 5.91 Å². The molecule has 0 saturated carbocycles. The highest BCUT2D eigenvalue weighted by molar-refractivity contribution is 5.92. The molecule has 2 aromatic rings. The van der Waals surface area contributed by atoms with Crippen molar-refractivity contribution in [1.29, 1.82) is 0 Å². The van der Waals surface area contributed by atoms with Crippen LogP contribution < -0.4 is 5.32 Å². The number of carbonyl (C=O) groups is 1. The summed E-state index contributed by atoms with van der Waals surface area (Å²) in [5.41, 5.74) is 1.49. The fourth-order valence-electron chi connectivity index (χ4n) is 2.31. The van der Waals surface area contributed by atoms with Gasteiger partial charge in [-0.25, -0.2) is 9.97 Å². The summed E-state index contributed by atoms with van der Waals surface area (Å²) in [6.45, 7) is 2.36. The van der Waals surface area contributed by atoms with Gasteiger partial charge in [0.2, 0.25) is 0 Å². The third-order valence-electron chi connectivity index (χ3n) is 3.58. The van der Waals surface area contributed by atoms with Crippen LogP contribution in [-0.4, -0.2) is 59.9 Å². The van der Waals surface area contributed by atoms with Crippen molar-refractivity contribution in [2.24, 2.45) is 0 Å². The number of hydrogen-bond acceptors (Lipinski definition) is 5. The minimum absolute atomic E-state index is 0.113. The van der Waals surface area contributed by atoms with Gasteiger partial charge in [0.15, 0.2) is 0 Å². The second kappa shape index (κ2) is 8.98. The first kappa shape index (κ1) is 17.9. The zero-order valence-corrected chi connectivity index (χ0v) is 14.6. The molecule has 0 atom stereocenters. The van der Waals surface area contributed by atoms with Crippen LogP contribution in [0.5, 0.6) is 0 Å². The van der Waals surface area contributed by atoms with Crippen LogP contribution in [0.4, 0.5) is 5.82 Å². The first-order chi connectivity index (χ1) is 11.6. The summed E-state index contributed by atoms with van der Waals surface area (Å²) in [5.74, 6) is 0.567. The third-order valence-corrected chi connectivity index (χ3v) is 3.58. The Morgan fingerprint density at radius 3 is 2.58 bits per heavy atom. The zero-order valence-electron chi connectivity index (χ0n) is 14.6. The lowest BCUT2D eigenvalue weighted by atomic mass is 10.2. The summed E-state index contributed by atoms with van der Waals surface area (Å²) in [7, 11) is 5.87. The highest BCUT2D eigenvalue weighted by Crippen LogP contribution is 2.09. The number of anilines is 1. The lowest BCUT2D eigenvalue weighted by Crippen LogP contribution is -2.27. The highest BCUT2D eigenvalue weighted by atomic mass is 16.2. The molecule has 2 rings (SSSR count). The quantitative estimate of drug-likeness (QED) is 0.753. The zero-order chi connectivity index (χ0) is 17.4. The SMILES string of the molecule is CN(C)CCCNc1cc(C(=O)N(C)Cc2ccccc2)ncn1.